The van der Waals surface area contributed by atoms with Crippen molar-refractivity contribution in [1.29, 1.82) is 0 Å². The number of carbonyl (C=O) groups excluding carboxylic acids is 4. The predicted octanol–water partition coefficient (Wildman–Crippen LogP) is 21.7. The van der Waals surface area contributed by atoms with E-state index >= 15 is 0 Å². The Labute approximate surface area is 604 Å². The molecule has 0 aliphatic heterocycles. The molecule has 0 saturated heterocycles. The summed E-state index contributed by atoms with van der Waals surface area (Å²) in [5.41, 5.74) is 0. The average molecular weight is 1440 g/mol. The van der Waals surface area contributed by atoms with Crippen LogP contribution < -0.4 is 0 Å². The second-order valence-corrected chi connectivity index (χ2v) is 27.4. The maximum atomic E-state index is 13.1. The van der Waals surface area contributed by atoms with Crippen molar-refractivity contribution in [3.8, 4) is 0 Å². The number of allylic oxidation sites excluding steroid dienone is 26. The summed E-state index contributed by atoms with van der Waals surface area (Å²) in [5, 5.41) is 10.6. The average Bonchev–Trinajstić information content (AvgIpc) is 0.940. The molecular weight excluding hydrogens is 1310 g/mol. The molecule has 568 valence electrons. The Balaban J connectivity index is 5.44. The maximum Gasteiger partial charge on any atom is 0.472 e. The molecule has 0 aromatic carbocycles. The molecule has 0 aliphatic carbocycles. The van der Waals surface area contributed by atoms with Crippen molar-refractivity contribution in [1.82, 2.24) is 0 Å². The van der Waals surface area contributed by atoms with Gasteiger partial charge in [-0.05, 0) is 128 Å². The number of ether oxygens (including phenoxy) is 4. The molecule has 0 rings (SSSR count). The van der Waals surface area contributed by atoms with Gasteiger partial charge in [-0.25, -0.2) is 9.13 Å². The molecule has 0 amide bonds. The number of unbranched alkanes of at least 4 members (excludes halogenated alkanes) is 17. The zero-order valence-electron chi connectivity index (χ0n) is 61.8. The van der Waals surface area contributed by atoms with Crippen LogP contribution in [0.2, 0.25) is 0 Å². The van der Waals surface area contributed by atoms with Gasteiger partial charge in [0.2, 0.25) is 0 Å². The van der Waals surface area contributed by atoms with Crippen LogP contribution in [0, 0.1) is 0 Å². The van der Waals surface area contributed by atoms with Crippen molar-refractivity contribution >= 4 is 39.5 Å². The molecular formula is C81H132O17P2. The largest absolute Gasteiger partial charge is 0.472 e. The molecule has 5 atom stereocenters. The fourth-order valence-electron chi connectivity index (χ4n) is 9.32. The van der Waals surface area contributed by atoms with Gasteiger partial charge in [-0.3, -0.25) is 37.3 Å². The predicted molar refractivity (Wildman–Crippen MR) is 408 cm³/mol. The van der Waals surface area contributed by atoms with Crippen molar-refractivity contribution in [2.24, 2.45) is 0 Å². The molecule has 0 aromatic rings. The normalized spacial score (nSPS) is 14.8. The van der Waals surface area contributed by atoms with Crippen LogP contribution in [0.15, 0.2) is 158 Å². The van der Waals surface area contributed by atoms with E-state index in [0.29, 0.717) is 38.5 Å². The first-order valence-electron chi connectivity index (χ1n) is 37.7. The lowest BCUT2D eigenvalue weighted by molar-refractivity contribution is -0.161. The van der Waals surface area contributed by atoms with Gasteiger partial charge in [0, 0.05) is 25.7 Å². The van der Waals surface area contributed by atoms with Gasteiger partial charge < -0.3 is 33.8 Å². The summed E-state index contributed by atoms with van der Waals surface area (Å²) in [4.78, 5) is 72.7. The van der Waals surface area contributed by atoms with Gasteiger partial charge in [-0.1, -0.05) is 276 Å². The van der Waals surface area contributed by atoms with Gasteiger partial charge in [0.15, 0.2) is 12.2 Å². The molecule has 0 spiro atoms. The Morgan fingerprint density at radius 1 is 0.290 bits per heavy atom. The summed E-state index contributed by atoms with van der Waals surface area (Å²) < 4.78 is 68.2. The van der Waals surface area contributed by atoms with Crippen molar-refractivity contribution in [2.75, 3.05) is 39.6 Å². The third-order valence-corrected chi connectivity index (χ3v) is 16.9. The molecule has 0 aromatic heterocycles. The van der Waals surface area contributed by atoms with E-state index in [4.69, 9.17) is 37.0 Å². The van der Waals surface area contributed by atoms with Crippen LogP contribution in [0.25, 0.3) is 0 Å². The highest BCUT2D eigenvalue weighted by atomic mass is 31.2. The second-order valence-electron chi connectivity index (χ2n) is 24.5. The molecule has 0 radical (unpaired) electrons. The highest BCUT2D eigenvalue weighted by molar-refractivity contribution is 7.47. The standard InChI is InChI=1S/C81H132O17P2/c1-5-9-13-17-21-25-29-32-34-36-37-39-41-44-47-50-54-58-62-66-79(84)92-72-77(98-81(86)68-64-60-56-52-48-42-31-27-23-19-15-11-7-3)74-96-100(89,90)94-70-75(82)69-93-99(87,88)95-73-76(97-80(85)67-63-59-55-51-45-28-24-20-16-12-8-4)71-91-78(83)65-61-57-53-49-46-43-40-38-35-33-30-26-22-18-14-10-6-2/h9-10,13-15,19,21-22,25-27,31-35,37,39-40,43-44,47,49,53-54,58,75-77,82H,5-8,11-12,16-18,20,23-24,28-30,36,38,41-42,45-46,48,50-52,55-57,59-74H2,1-4H3,(H,87,88)(H,89,90)/b13-9-,14-10-,19-15-,25-21-,26-22-,31-27-,34-32-,35-33-,39-37-,43-40-,47-44-,53-49-,58-54-. The number of carbonyl (C=O) groups is 4. The zero-order valence-corrected chi connectivity index (χ0v) is 63.6. The summed E-state index contributed by atoms with van der Waals surface area (Å²) in [6, 6.07) is 0. The van der Waals surface area contributed by atoms with Crippen LogP contribution in [0.1, 0.15) is 272 Å². The van der Waals surface area contributed by atoms with Crippen molar-refractivity contribution in [3.63, 3.8) is 0 Å². The number of aliphatic hydroxyl groups is 1. The van der Waals surface area contributed by atoms with E-state index in [1.165, 1.54) is 38.5 Å². The fraction of sp³-hybridized carbons (Fsp3) is 0.630. The van der Waals surface area contributed by atoms with Crippen molar-refractivity contribution in [3.05, 3.63) is 158 Å². The number of esters is 4. The lowest BCUT2D eigenvalue weighted by atomic mass is 10.1. The van der Waals surface area contributed by atoms with Gasteiger partial charge in [0.1, 0.15) is 19.3 Å². The third-order valence-electron chi connectivity index (χ3n) is 15.0. The van der Waals surface area contributed by atoms with E-state index in [9.17, 15) is 43.2 Å². The molecule has 5 unspecified atom stereocenters. The Morgan fingerprint density at radius 3 is 0.930 bits per heavy atom. The van der Waals surface area contributed by atoms with Crippen molar-refractivity contribution < 1.29 is 80.2 Å². The smallest absolute Gasteiger partial charge is 0.462 e. The Bertz CT molecular complexity index is 2520. The van der Waals surface area contributed by atoms with E-state index < -0.39 is 97.5 Å². The van der Waals surface area contributed by atoms with Crippen molar-refractivity contribution in [2.45, 2.75) is 290 Å². The summed E-state index contributed by atoms with van der Waals surface area (Å²) in [7, 11) is -9.99. The van der Waals surface area contributed by atoms with E-state index in [2.05, 4.69) is 155 Å². The molecule has 0 bridgehead atoms. The first kappa shape index (κ1) is 94.7. The third kappa shape index (κ3) is 71.1. The minimum atomic E-state index is -5.00. The molecule has 0 heterocycles. The first-order valence-corrected chi connectivity index (χ1v) is 40.7. The number of hydrogen-bond acceptors (Lipinski definition) is 15. The van der Waals surface area contributed by atoms with Crippen LogP contribution in [-0.4, -0.2) is 96.7 Å². The van der Waals surface area contributed by atoms with Gasteiger partial charge in [-0.2, -0.15) is 0 Å². The number of hydrogen-bond donors (Lipinski definition) is 3. The highest BCUT2D eigenvalue weighted by Gasteiger charge is 2.30. The van der Waals surface area contributed by atoms with Crippen LogP contribution in [0.3, 0.4) is 0 Å². The SMILES string of the molecule is CC/C=C\C/C=C\C/C=C\C/C=C\C/C=C\C/C=C\CCC(=O)OCC(COP(=O)(O)OCC(O)COP(=O)(O)OCC(COC(=O)CCC/C=C\C/C=C\C/C=C\C/C=C\C/C=C\CC)OC(=O)CCCCCCCCCCCCC)OC(=O)CCCCCCC/C=C\C/C=C\CCC. The maximum absolute atomic E-state index is 13.1. The quantitative estimate of drug-likeness (QED) is 0.0169. The van der Waals surface area contributed by atoms with Crippen LogP contribution in [-0.2, 0) is 65.4 Å². The number of aliphatic hydroxyl groups excluding tert-OH is 1. The Kier molecular flexibility index (Phi) is 68.2. The van der Waals surface area contributed by atoms with Crippen LogP contribution >= 0.6 is 15.6 Å². The molecule has 3 N–H and O–H groups in total. The van der Waals surface area contributed by atoms with Gasteiger partial charge >= 0.3 is 39.5 Å². The number of phosphoric ester groups is 2. The molecule has 100 heavy (non-hydrogen) atoms. The number of rotatable bonds is 69. The lowest BCUT2D eigenvalue weighted by Crippen LogP contribution is -2.30. The molecule has 0 fully saturated rings. The zero-order chi connectivity index (χ0) is 73.2. The summed E-state index contributed by atoms with van der Waals surface area (Å²) in [6.45, 7) is 4.38. The monoisotopic (exact) mass is 1440 g/mol. The highest BCUT2D eigenvalue weighted by Crippen LogP contribution is 2.45. The minimum absolute atomic E-state index is 0.0275. The van der Waals surface area contributed by atoms with Crippen LogP contribution in [0.5, 0.6) is 0 Å². The van der Waals surface area contributed by atoms with E-state index in [0.717, 1.165) is 141 Å². The Hall–Kier alpha value is -5.32. The van der Waals surface area contributed by atoms with Gasteiger partial charge in [-0.15, -0.1) is 0 Å². The van der Waals surface area contributed by atoms with E-state index in [1.807, 2.05) is 30.4 Å². The van der Waals surface area contributed by atoms with Gasteiger partial charge in [0.05, 0.1) is 26.4 Å². The lowest BCUT2D eigenvalue weighted by Gasteiger charge is -2.21. The summed E-state index contributed by atoms with van der Waals surface area (Å²) in [6.07, 6.45) is 82.7. The number of phosphoric acid groups is 2. The van der Waals surface area contributed by atoms with E-state index in [1.54, 1.807) is 0 Å². The summed E-state index contributed by atoms with van der Waals surface area (Å²) in [5.74, 6) is -2.37. The molecule has 17 nitrogen and oxygen atoms in total. The summed E-state index contributed by atoms with van der Waals surface area (Å²) >= 11 is 0. The molecule has 0 saturated carbocycles. The van der Waals surface area contributed by atoms with E-state index in [-0.39, 0.29) is 25.7 Å². The topological polar surface area (TPSA) is 237 Å². The first-order chi connectivity index (χ1) is 48.7. The molecule has 0 aliphatic rings. The molecule has 19 heteroatoms. The van der Waals surface area contributed by atoms with Crippen LogP contribution in [0.4, 0.5) is 0 Å². The minimum Gasteiger partial charge on any atom is -0.462 e. The second kappa shape index (κ2) is 72.0. The van der Waals surface area contributed by atoms with Gasteiger partial charge in [0.25, 0.3) is 0 Å². The fourth-order valence-corrected chi connectivity index (χ4v) is 10.9. The Morgan fingerprint density at radius 2 is 0.570 bits per heavy atom.